The van der Waals surface area contributed by atoms with E-state index in [2.05, 4.69) is 4.74 Å². The molecule has 0 bridgehead atoms. The highest BCUT2D eigenvalue weighted by atomic mass is 32.2. The molecule has 7 heteroatoms. The monoisotopic (exact) mass is 353 g/mol. The van der Waals surface area contributed by atoms with Crippen LogP contribution in [0.3, 0.4) is 0 Å². The Morgan fingerprint density at radius 1 is 1.12 bits per heavy atom. The quantitative estimate of drug-likeness (QED) is 0.818. The maximum absolute atomic E-state index is 12.4. The molecule has 3 rings (SSSR count). The number of alkyl halides is 3. The zero-order valence-electron chi connectivity index (χ0n) is 12.5. The standard InChI is InChI=1S/C17H14F3NO2S/c18-17(19,20)23-14-8-4-7-13(9-14)16-21(15(22)11-24-16)10-12-5-2-1-3-6-12/h1-9,16H,10-11H2. The van der Waals surface area contributed by atoms with Crippen molar-refractivity contribution in [2.24, 2.45) is 0 Å². The van der Waals surface area contributed by atoms with Crippen molar-refractivity contribution >= 4 is 17.7 Å². The van der Waals surface area contributed by atoms with E-state index in [4.69, 9.17) is 0 Å². The van der Waals surface area contributed by atoms with E-state index in [1.54, 1.807) is 11.0 Å². The normalized spacial score (nSPS) is 18.0. The highest BCUT2D eigenvalue weighted by Gasteiger charge is 2.34. The molecule has 24 heavy (non-hydrogen) atoms. The van der Waals surface area contributed by atoms with E-state index in [0.29, 0.717) is 17.9 Å². The fraction of sp³-hybridized carbons (Fsp3) is 0.235. The second kappa shape index (κ2) is 6.76. The minimum atomic E-state index is -4.74. The molecule has 2 aromatic rings. The van der Waals surface area contributed by atoms with Gasteiger partial charge in [-0.25, -0.2) is 0 Å². The molecule has 1 atom stereocenters. The average molecular weight is 353 g/mol. The lowest BCUT2D eigenvalue weighted by molar-refractivity contribution is -0.274. The molecule has 2 aromatic carbocycles. The molecule has 1 aliphatic heterocycles. The fourth-order valence-corrected chi connectivity index (χ4v) is 3.72. The number of halogens is 3. The number of carbonyl (C=O) groups is 1. The Morgan fingerprint density at radius 3 is 2.58 bits per heavy atom. The van der Waals surface area contributed by atoms with Gasteiger partial charge in [0.1, 0.15) is 11.1 Å². The summed E-state index contributed by atoms with van der Waals surface area (Å²) < 4.78 is 41.1. The lowest BCUT2D eigenvalue weighted by Gasteiger charge is -2.24. The van der Waals surface area contributed by atoms with Crippen molar-refractivity contribution in [1.29, 1.82) is 0 Å². The van der Waals surface area contributed by atoms with E-state index < -0.39 is 6.36 Å². The molecule has 1 unspecified atom stereocenters. The van der Waals surface area contributed by atoms with Gasteiger partial charge in [-0.2, -0.15) is 0 Å². The van der Waals surface area contributed by atoms with E-state index in [1.807, 2.05) is 30.3 Å². The van der Waals surface area contributed by atoms with Gasteiger partial charge in [0.25, 0.3) is 0 Å². The molecule has 1 fully saturated rings. The van der Waals surface area contributed by atoms with Crippen LogP contribution in [0.4, 0.5) is 13.2 Å². The highest BCUT2D eigenvalue weighted by Crippen LogP contribution is 2.40. The second-order valence-electron chi connectivity index (χ2n) is 5.29. The van der Waals surface area contributed by atoms with Crippen LogP contribution in [0, 0.1) is 0 Å². The summed E-state index contributed by atoms with van der Waals surface area (Å²) in [5.41, 5.74) is 1.59. The second-order valence-corrected chi connectivity index (χ2v) is 6.36. The van der Waals surface area contributed by atoms with Gasteiger partial charge in [-0.3, -0.25) is 4.79 Å². The molecular weight excluding hydrogens is 339 g/mol. The summed E-state index contributed by atoms with van der Waals surface area (Å²) >= 11 is 1.40. The van der Waals surface area contributed by atoms with Crippen molar-refractivity contribution in [2.75, 3.05) is 5.75 Å². The van der Waals surface area contributed by atoms with Crippen LogP contribution in [0.1, 0.15) is 16.5 Å². The molecule has 1 aliphatic rings. The first kappa shape index (κ1) is 16.7. The van der Waals surface area contributed by atoms with Crippen LogP contribution in [-0.2, 0) is 11.3 Å². The largest absolute Gasteiger partial charge is 0.573 e. The number of hydrogen-bond acceptors (Lipinski definition) is 3. The van der Waals surface area contributed by atoms with E-state index in [1.165, 1.54) is 30.0 Å². The predicted molar refractivity (Wildman–Crippen MR) is 85.3 cm³/mol. The Morgan fingerprint density at radius 2 is 1.88 bits per heavy atom. The SMILES string of the molecule is O=C1CSC(c2cccc(OC(F)(F)F)c2)N1Cc1ccccc1. The number of benzene rings is 2. The predicted octanol–water partition coefficient (Wildman–Crippen LogP) is 4.36. The number of carbonyl (C=O) groups excluding carboxylic acids is 1. The fourth-order valence-electron chi connectivity index (χ4n) is 2.55. The summed E-state index contributed by atoms with van der Waals surface area (Å²) in [4.78, 5) is 13.8. The minimum Gasteiger partial charge on any atom is -0.406 e. The third kappa shape index (κ3) is 4.03. The molecule has 1 amide bonds. The molecule has 0 spiro atoms. The van der Waals surface area contributed by atoms with Crippen LogP contribution in [0.5, 0.6) is 5.75 Å². The van der Waals surface area contributed by atoms with Crippen molar-refractivity contribution in [3.8, 4) is 5.75 Å². The summed E-state index contributed by atoms with van der Waals surface area (Å²) in [5, 5.41) is -0.325. The minimum absolute atomic E-state index is 0.0315. The zero-order chi connectivity index (χ0) is 17.2. The van der Waals surface area contributed by atoms with E-state index in [0.717, 1.165) is 5.56 Å². The van der Waals surface area contributed by atoms with Gasteiger partial charge < -0.3 is 9.64 Å². The van der Waals surface area contributed by atoms with Gasteiger partial charge in [-0.1, -0.05) is 42.5 Å². The van der Waals surface area contributed by atoms with Crippen LogP contribution in [0.15, 0.2) is 54.6 Å². The molecule has 126 valence electrons. The third-order valence-electron chi connectivity index (χ3n) is 3.54. The lowest BCUT2D eigenvalue weighted by Crippen LogP contribution is -2.27. The molecule has 0 N–H and O–H groups in total. The van der Waals surface area contributed by atoms with Crippen molar-refractivity contribution in [2.45, 2.75) is 18.3 Å². The maximum atomic E-state index is 12.4. The van der Waals surface area contributed by atoms with Gasteiger partial charge in [0.05, 0.1) is 5.75 Å². The molecule has 1 heterocycles. The molecule has 0 aliphatic carbocycles. The summed E-state index contributed by atoms with van der Waals surface area (Å²) in [6.07, 6.45) is -4.74. The van der Waals surface area contributed by atoms with E-state index >= 15 is 0 Å². The lowest BCUT2D eigenvalue weighted by atomic mass is 10.1. The maximum Gasteiger partial charge on any atom is 0.573 e. The molecular formula is C17H14F3NO2S. The van der Waals surface area contributed by atoms with Crippen LogP contribution >= 0.6 is 11.8 Å². The molecule has 3 nitrogen and oxygen atoms in total. The van der Waals surface area contributed by atoms with Gasteiger partial charge in [0.2, 0.25) is 5.91 Å². The zero-order valence-corrected chi connectivity index (χ0v) is 13.3. The van der Waals surface area contributed by atoms with Crippen molar-refractivity contribution in [3.63, 3.8) is 0 Å². The number of thioether (sulfide) groups is 1. The van der Waals surface area contributed by atoms with Crippen LogP contribution in [0.25, 0.3) is 0 Å². The molecule has 0 saturated carbocycles. The first-order chi connectivity index (χ1) is 11.4. The highest BCUT2D eigenvalue weighted by molar-refractivity contribution is 8.00. The average Bonchev–Trinajstić information content (AvgIpc) is 2.88. The van der Waals surface area contributed by atoms with Crippen molar-refractivity contribution in [1.82, 2.24) is 4.90 Å². The van der Waals surface area contributed by atoms with Gasteiger partial charge >= 0.3 is 6.36 Å². The number of nitrogens with zero attached hydrogens (tertiary/aromatic N) is 1. The third-order valence-corrected chi connectivity index (χ3v) is 4.80. The molecule has 0 radical (unpaired) electrons. The topological polar surface area (TPSA) is 29.5 Å². The summed E-state index contributed by atoms with van der Waals surface area (Å²) in [6.45, 7) is 0.418. The van der Waals surface area contributed by atoms with Crippen LogP contribution < -0.4 is 4.74 Å². The Kier molecular flexibility index (Phi) is 4.71. The van der Waals surface area contributed by atoms with Crippen LogP contribution in [-0.4, -0.2) is 22.9 Å². The Balaban J connectivity index is 1.82. The molecule has 1 saturated heterocycles. The van der Waals surface area contributed by atoms with Gasteiger partial charge in [0, 0.05) is 6.54 Å². The van der Waals surface area contributed by atoms with Gasteiger partial charge in [-0.05, 0) is 23.3 Å². The molecule has 0 aromatic heterocycles. The summed E-state index contributed by atoms with van der Waals surface area (Å²) in [7, 11) is 0. The Bertz CT molecular complexity index is 721. The van der Waals surface area contributed by atoms with E-state index in [-0.39, 0.29) is 17.0 Å². The van der Waals surface area contributed by atoms with Crippen molar-refractivity contribution in [3.05, 3.63) is 65.7 Å². The summed E-state index contributed by atoms with van der Waals surface area (Å²) in [6, 6.07) is 15.3. The first-order valence-corrected chi connectivity index (χ1v) is 8.28. The number of rotatable bonds is 4. The van der Waals surface area contributed by atoms with E-state index in [9.17, 15) is 18.0 Å². The van der Waals surface area contributed by atoms with Gasteiger partial charge in [-0.15, -0.1) is 24.9 Å². The van der Waals surface area contributed by atoms with Gasteiger partial charge in [0.15, 0.2) is 0 Å². The number of ether oxygens (including phenoxy) is 1. The Labute approximate surface area is 141 Å². The summed E-state index contributed by atoms with van der Waals surface area (Å²) in [5.74, 6) is -0.00223. The number of hydrogen-bond donors (Lipinski definition) is 0. The first-order valence-electron chi connectivity index (χ1n) is 7.23. The Hall–Kier alpha value is -2.15. The number of amides is 1. The smallest absolute Gasteiger partial charge is 0.406 e. The van der Waals surface area contributed by atoms with Crippen LogP contribution in [0.2, 0.25) is 0 Å². The van der Waals surface area contributed by atoms with Crippen molar-refractivity contribution < 1.29 is 22.7 Å².